The van der Waals surface area contributed by atoms with Gasteiger partial charge in [-0.25, -0.2) is 4.98 Å². The standard InChI is InChI=1S/C14H14BrNO2/c1-2-17-12-4-3-5-13(8-12)18-14-7-6-11(9-15)10-16-14/h3-8,10H,2,9H2,1H3. The Labute approximate surface area is 115 Å². The average Bonchev–Trinajstić information content (AvgIpc) is 2.40. The summed E-state index contributed by atoms with van der Waals surface area (Å²) in [6.45, 7) is 2.59. The van der Waals surface area contributed by atoms with Crippen LogP contribution in [0, 0.1) is 0 Å². The molecule has 0 atom stereocenters. The number of hydrogen-bond acceptors (Lipinski definition) is 3. The number of halogens is 1. The minimum Gasteiger partial charge on any atom is -0.494 e. The van der Waals surface area contributed by atoms with Gasteiger partial charge in [0.05, 0.1) is 6.61 Å². The quantitative estimate of drug-likeness (QED) is 0.777. The van der Waals surface area contributed by atoms with Crippen molar-refractivity contribution in [3.8, 4) is 17.4 Å². The van der Waals surface area contributed by atoms with Crippen LogP contribution < -0.4 is 9.47 Å². The van der Waals surface area contributed by atoms with Crippen LogP contribution in [0.4, 0.5) is 0 Å². The molecule has 18 heavy (non-hydrogen) atoms. The van der Waals surface area contributed by atoms with Gasteiger partial charge in [-0.05, 0) is 24.6 Å². The van der Waals surface area contributed by atoms with Crippen molar-refractivity contribution in [1.29, 1.82) is 0 Å². The SMILES string of the molecule is CCOc1cccc(Oc2ccc(CBr)cn2)c1. The molecule has 0 saturated carbocycles. The third-order valence-corrected chi connectivity index (χ3v) is 2.94. The highest BCUT2D eigenvalue weighted by molar-refractivity contribution is 9.08. The third-order valence-electron chi connectivity index (χ3n) is 2.29. The molecule has 1 heterocycles. The van der Waals surface area contributed by atoms with E-state index in [0.717, 1.165) is 22.4 Å². The third kappa shape index (κ3) is 3.47. The summed E-state index contributed by atoms with van der Waals surface area (Å²) in [4.78, 5) is 4.23. The Kier molecular flexibility index (Phi) is 4.59. The number of ether oxygens (including phenoxy) is 2. The van der Waals surface area contributed by atoms with E-state index in [-0.39, 0.29) is 0 Å². The van der Waals surface area contributed by atoms with Gasteiger partial charge in [0.25, 0.3) is 0 Å². The largest absolute Gasteiger partial charge is 0.494 e. The van der Waals surface area contributed by atoms with E-state index in [2.05, 4.69) is 20.9 Å². The van der Waals surface area contributed by atoms with Crippen molar-refractivity contribution >= 4 is 15.9 Å². The summed E-state index contributed by atoms with van der Waals surface area (Å²) in [6, 6.07) is 11.4. The van der Waals surface area contributed by atoms with Crippen LogP contribution in [0.25, 0.3) is 0 Å². The van der Waals surface area contributed by atoms with Gasteiger partial charge in [0.1, 0.15) is 11.5 Å². The average molecular weight is 308 g/mol. The Bertz CT molecular complexity index is 499. The molecule has 0 aliphatic heterocycles. The number of aromatic nitrogens is 1. The van der Waals surface area contributed by atoms with Gasteiger partial charge in [-0.3, -0.25) is 0 Å². The molecule has 0 aliphatic rings. The van der Waals surface area contributed by atoms with E-state index in [1.165, 1.54) is 0 Å². The molecule has 1 aromatic heterocycles. The van der Waals surface area contributed by atoms with Crippen LogP contribution in [-0.2, 0) is 5.33 Å². The van der Waals surface area contributed by atoms with Gasteiger partial charge in [-0.15, -0.1) is 0 Å². The van der Waals surface area contributed by atoms with Gasteiger partial charge >= 0.3 is 0 Å². The van der Waals surface area contributed by atoms with Crippen LogP contribution in [-0.4, -0.2) is 11.6 Å². The zero-order chi connectivity index (χ0) is 12.8. The lowest BCUT2D eigenvalue weighted by Crippen LogP contribution is -1.92. The number of alkyl halides is 1. The molecule has 3 nitrogen and oxygen atoms in total. The number of pyridine rings is 1. The molecule has 94 valence electrons. The molecule has 4 heteroatoms. The minimum absolute atomic E-state index is 0.577. The first-order valence-electron chi connectivity index (χ1n) is 5.73. The fraction of sp³-hybridized carbons (Fsp3) is 0.214. The van der Waals surface area contributed by atoms with Gasteiger partial charge in [0, 0.05) is 23.7 Å². The maximum atomic E-state index is 5.66. The van der Waals surface area contributed by atoms with Crippen LogP contribution in [0.5, 0.6) is 17.4 Å². The highest BCUT2D eigenvalue weighted by atomic mass is 79.9. The smallest absolute Gasteiger partial charge is 0.219 e. The first-order valence-corrected chi connectivity index (χ1v) is 6.85. The maximum absolute atomic E-state index is 5.66. The van der Waals surface area contributed by atoms with Crippen molar-refractivity contribution in [2.24, 2.45) is 0 Å². The van der Waals surface area contributed by atoms with E-state index in [9.17, 15) is 0 Å². The summed E-state index contributed by atoms with van der Waals surface area (Å²) >= 11 is 3.38. The van der Waals surface area contributed by atoms with Crippen molar-refractivity contribution in [2.45, 2.75) is 12.3 Å². The van der Waals surface area contributed by atoms with Gasteiger partial charge in [0.2, 0.25) is 5.88 Å². The van der Waals surface area contributed by atoms with Crippen LogP contribution in [0.15, 0.2) is 42.6 Å². The molecule has 0 bridgehead atoms. The van der Waals surface area contributed by atoms with Crippen LogP contribution in [0.3, 0.4) is 0 Å². The molecule has 0 radical (unpaired) electrons. The summed E-state index contributed by atoms with van der Waals surface area (Å²) < 4.78 is 11.1. The van der Waals surface area contributed by atoms with E-state index in [1.54, 1.807) is 6.20 Å². The number of nitrogens with zero attached hydrogens (tertiary/aromatic N) is 1. The number of benzene rings is 1. The number of hydrogen-bond donors (Lipinski definition) is 0. The van der Waals surface area contributed by atoms with Crippen molar-refractivity contribution < 1.29 is 9.47 Å². The molecular formula is C14H14BrNO2. The normalized spacial score (nSPS) is 10.1. The Hall–Kier alpha value is -1.55. The highest BCUT2D eigenvalue weighted by Gasteiger charge is 2.01. The molecule has 2 rings (SSSR count). The van der Waals surface area contributed by atoms with E-state index >= 15 is 0 Å². The van der Waals surface area contributed by atoms with Crippen molar-refractivity contribution in [3.63, 3.8) is 0 Å². The van der Waals surface area contributed by atoms with Crippen molar-refractivity contribution in [2.75, 3.05) is 6.61 Å². The lowest BCUT2D eigenvalue weighted by molar-refractivity contribution is 0.338. The van der Waals surface area contributed by atoms with Gasteiger partial charge in [-0.2, -0.15) is 0 Å². The van der Waals surface area contributed by atoms with Crippen LogP contribution in [0.2, 0.25) is 0 Å². The Balaban J connectivity index is 2.09. The zero-order valence-corrected chi connectivity index (χ0v) is 11.7. The van der Waals surface area contributed by atoms with Gasteiger partial charge in [0.15, 0.2) is 0 Å². The highest BCUT2D eigenvalue weighted by Crippen LogP contribution is 2.24. The van der Waals surface area contributed by atoms with E-state index < -0.39 is 0 Å². The molecule has 0 spiro atoms. The molecule has 0 amide bonds. The summed E-state index contributed by atoms with van der Waals surface area (Å²) in [7, 11) is 0. The zero-order valence-electron chi connectivity index (χ0n) is 10.1. The minimum atomic E-state index is 0.577. The lowest BCUT2D eigenvalue weighted by Gasteiger charge is -2.07. The van der Waals surface area contributed by atoms with Crippen molar-refractivity contribution in [1.82, 2.24) is 4.98 Å². The van der Waals surface area contributed by atoms with E-state index in [1.807, 2.05) is 43.3 Å². The van der Waals surface area contributed by atoms with Gasteiger partial charge in [-0.1, -0.05) is 28.1 Å². The first kappa shape index (κ1) is 12.9. The Morgan fingerprint density at radius 3 is 2.67 bits per heavy atom. The fourth-order valence-corrected chi connectivity index (χ4v) is 1.80. The molecule has 0 saturated heterocycles. The fourth-order valence-electron chi connectivity index (χ4n) is 1.47. The molecule has 0 fully saturated rings. The molecular weight excluding hydrogens is 294 g/mol. The molecule has 0 unspecified atom stereocenters. The molecule has 2 aromatic rings. The van der Waals surface area contributed by atoms with Crippen LogP contribution in [0.1, 0.15) is 12.5 Å². The molecule has 1 aromatic carbocycles. The monoisotopic (exact) mass is 307 g/mol. The van der Waals surface area contributed by atoms with E-state index in [4.69, 9.17) is 9.47 Å². The predicted molar refractivity (Wildman–Crippen MR) is 74.6 cm³/mol. The van der Waals surface area contributed by atoms with Gasteiger partial charge < -0.3 is 9.47 Å². The lowest BCUT2D eigenvalue weighted by atomic mass is 10.3. The topological polar surface area (TPSA) is 31.4 Å². The maximum Gasteiger partial charge on any atom is 0.219 e. The second-order valence-corrected chi connectivity index (χ2v) is 4.21. The second-order valence-electron chi connectivity index (χ2n) is 3.65. The summed E-state index contributed by atoms with van der Waals surface area (Å²) in [6.07, 6.45) is 1.79. The Morgan fingerprint density at radius 1 is 1.17 bits per heavy atom. The first-order chi connectivity index (χ1) is 8.81. The second kappa shape index (κ2) is 6.40. The van der Waals surface area contributed by atoms with E-state index in [0.29, 0.717) is 12.5 Å². The van der Waals surface area contributed by atoms with Crippen molar-refractivity contribution in [3.05, 3.63) is 48.2 Å². The predicted octanol–water partition coefficient (Wildman–Crippen LogP) is 4.17. The summed E-state index contributed by atoms with van der Waals surface area (Å²) in [5.41, 5.74) is 1.12. The summed E-state index contributed by atoms with van der Waals surface area (Å²) in [5.74, 6) is 2.10. The summed E-state index contributed by atoms with van der Waals surface area (Å²) in [5, 5.41) is 0.792. The number of rotatable bonds is 5. The molecule has 0 N–H and O–H groups in total. The molecule has 0 aliphatic carbocycles. The Morgan fingerprint density at radius 2 is 2.00 bits per heavy atom. The van der Waals surface area contributed by atoms with Crippen LogP contribution >= 0.6 is 15.9 Å².